The molecule has 0 atom stereocenters. The molecule has 0 unspecified atom stereocenters. The minimum atomic E-state index is -4.59. The summed E-state index contributed by atoms with van der Waals surface area (Å²) in [6, 6.07) is 6.60. The van der Waals surface area contributed by atoms with Crippen LogP contribution in [0.4, 0.5) is 13.2 Å². The lowest BCUT2D eigenvalue weighted by atomic mass is 9.90. The van der Waals surface area contributed by atoms with Gasteiger partial charge in [-0.25, -0.2) is 9.97 Å². The smallest absolute Gasteiger partial charge is 0.396 e. The summed E-state index contributed by atoms with van der Waals surface area (Å²) in [6.07, 6.45) is -4.59. The number of hydrogen-bond donors (Lipinski definition) is 1. The van der Waals surface area contributed by atoms with Gasteiger partial charge in [0.1, 0.15) is 5.03 Å². The zero-order valence-electron chi connectivity index (χ0n) is 11.4. The second-order valence-corrected chi connectivity index (χ2v) is 6.27. The molecule has 0 aliphatic carbocycles. The van der Waals surface area contributed by atoms with Crippen LogP contribution >= 0.6 is 11.8 Å². The van der Waals surface area contributed by atoms with Crippen LogP contribution in [0.1, 0.15) is 5.82 Å². The molecule has 118 valence electrons. The summed E-state index contributed by atoms with van der Waals surface area (Å²) in [6.45, 7) is 0.756. The largest absolute Gasteiger partial charge is 0.451 e. The monoisotopic (exact) mass is 330 g/mol. The molecule has 1 fully saturated rings. The molecular formula is C14H13F3N2O2S. The number of rotatable bonds is 4. The minimum Gasteiger partial charge on any atom is -0.396 e. The van der Waals surface area contributed by atoms with Crippen molar-refractivity contribution in [2.75, 3.05) is 25.6 Å². The average molecular weight is 330 g/mol. The van der Waals surface area contributed by atoms with Crippen LogP contribution in [0.3, 0.4) is 0 Å². The predicted octanol–water partition coefficient (Wildman–Crippen LogP) is 2.75. The van der Waals surface area contributed by atoms with Crippen molar-refractivity contribution in [2.45, 2.75) is 11.2 Å². The Labute approximate surface area is 128 Å². The predicted molar refractivity (Wildman–Crippen MR) is 75.6 cm³/mol. The van der Waals surface area contributed by atoms with E-state index in [4.69, 9.17) is 4.74 Å². The van der Waals surface area contributed by atoms with Crippen LogP contribution < -0.4 is 0 Å². The first-order valence-corrected chi connectivity index (χ1v) is 7.57. The summed E-state index contributed by atoms with van der Waals surface area (Å²) in [5, 5.41) is 10.3. The van der Waals surface area contributed by atoms with E-state index < -0.39 is 17.4 Å². The Kier molecular flexibility index (Phi) is 4.00. The number of hydrogen-bond acceptors (Lipinski definition) is 5. The molecule has 3 rings (SSSR count). The molecule has 0 amide bonds. The Morgan fingerprint density at radius 1 is 1.23 bits per heavy atom. The summed E-state index contributed by atoms with van der Waals surface area (Å²) in [5.41, 5.74) is -0.134. The van der Waals surface area contributed by atoms with Crippen molar-refractivity contribution >= 4 is 22.7 Å². The highest BCUT2D eigenvalue weighted by atomic mass is 32.2. The molecule has 1 aliphatic rings. The number of aliphatic hydroxyl groups excluding tert-OH is 1. The third-order valence-corrected chi connectivity index (χ3v) is 4.83. The molecule has 2 heterocycles. The highest BCUT2D eigenvalue weighted by molar-refractivity contribution is 7.99. The molecule has 22 heavy (non-hydrogen) atoms. The lowest BCUT2D eigenvalue weighted by Gasteiger charge is -2.39. The topological polar surface area (TPSA) is 55.2 Å². The van der Waals surface area contributed by atoms with Gasteiger partial charge in [-0.2, -0.15) is 13.2 Å². The summed E-state index contributed by atoms with van der Waals surface area (Å²) in [4.78, 5) is 7.25. The van der Waals surface area contributed by atoms with Crippen molar-refractivity contribution in [1.29, 1.82) is 0 Å². The van der Waals surface area contributed by atoms with Gasteiger partial charge < -0.3 is 9.84 Å². The van der Waals surface area contributed by atoms with Crippen LogP contribution in [0.15, 0.2) is 29.3 Å². The van der Waals surface area contributed by atoms with Crippen LogP contribution in [0.5, 0.6) is 0 Å². The van der Waals surface area contributed by atoms with Gasteiger partial charge in [-0.15, -0.1) is 11.8 Å². The van der Waals surface area contributed by atoms with Gasteiger partial charge in [0.05, 0.1) is 25.3 Å². The Morgan fingerprint density at radius 3 is 2.55 bits per heavy atom. The van der Waals surface area contributed by atoms with E-state index in [1.54, 1.807) is 18.2 Å². The van der Waals surface area contributed by atoms with E-state index in [-0.39, 0.29) is 17.1 Å². The van der Waals surface area contributed by atoms with Crippen molar-refractivity contribution in [2.24, 2.45) is 5.41 Å². The lowest BCUT2D eigenvalue weighted by Crippen LogP contribution is -2.47. The zero-order valence-corrected chi connectivity index (χ0v) is 12.2. The summed E-state index contributed by atoms with van der Waals surface area (Å²) in [7, 11) is 0. The number of para-hydroxylation sites is 1. The van der Waals surface area contributed by atoms with Gasteiger partial charge in [-0.3, -0.25) is 0 Å². The van der Waals surface area contributed by atoms with E-state index in [1.165, 1.54) is 17.8 Å². The van der Waals surface area contributed by atoms with Gasteiger partial charge in [-0.1, -0.05) is 18.2 Å². The van der Waals surface area contributed by atoms with Crippen molar-refractivity contribution < 1.29 is 23.0 Å². The molecule has 1 saturated heterocycles. The fourth-order valence-corrected chi connectivity index (χ4v) is 3.30. The van der Waals surface area contributed by atoms with E-state index in [0.717, 1.165) is 0 Å². The molecule has 1 aromatic heterocycles. The molecule has 2 aromatic rings. The van der Waals surface area contributed by atoms with Crippen LogP contribution in [-0.2, 0) is 10.9 Å². The first-order valence-electron chi connectivity index (χ1n) is 6.59. The highest BCUT2D eigenvalue weighted by Crippen LogP contribution is 2.37. The number of benzene rings is 1. The van der Waals surface area contributed by atoms with Gasteiger partial charge in [0.15, 0.2) is 0 Å². The third-order valence-electron chi connectivity index (χ3n) is 3.49. The fourth-order valence-electron chi connectivity index (χ4n) is 2.12. The summed E-state index contributed by atoms with van der Waals surface area (Å²) < 4.78 is 43.9. The first-order chi connectivity index (χ1) is 10.4. The van der Waals surface area contributed by atoms with Crippen molar-refractivity contribution in [3.63, 3.8) is 0 Å². The van der Waals surface area contributed by atoms with Crippen molar-refractivity contribution in [3.05, 3.63) is 30.1 Å². The van der Waals surface area contributed by atoms with Gasteiger partial charge in [0, 0.05) is 16.6 Å². The number of ether oxygens (including phenoxy) is 1. The Bertz CT molecular complexity index is 684. The summed E-state index contributed by atoms with van der Waals surface area (Å²) in [5.74, 6) is -0.696. The normalized spacial score (nSPS) is 17.5. The number of nitrogens with zero attached hydrogens (tertiary/aromatic N) is 2. The minimum absolute atomic E-state index is 0.0604. The standard InChI is InChI=1S/C14H13F3N2O2S/c15-14(16,17)12-18-10-4-2-1-3-9(10)11(19-12)22-8-13(5-20)6-21-7-13/h1-4,20H,5-8H2. The number of thioether (sulfide) groups is 1. The van der Waals surface area contributed by atoms with E-state index in [9.17, 15) is 18.3 Å². The molecule has 0 saturated carbocycles. The Hall–Kier alpha value is -1.38. The van der Waals surface area contributed by atoms with E-state index in [0.29, 0.717) is 24.4 Å². The maximum absolute atomic E-state index is 12.9. The van der Waals surface area contributed by atoms with Gasteiger partial charge in [-0.05, 0) is 6.07 Å². The van der Waals surface area contributed by atoms with Gasteiger partial charge in [0.25, 0.3) is 0 Å². The molecule has 4 nitrogen and oxygen atoms in total. The Morgan fingerprint density at radius 2 is 1.95 bits per heavy atom. The molecule has 8 heteroatoms. The maximum atomic E-state index is 12.9. The molecule has 1 N–H and O–H groups in total. The van der Waals surface area contributed by atoms with Crippen LogP contribution in [0, 0.1) is 5.41 Å². The van der Waals surface area contributed by atoms with Crippen molar-refractivity contribution in [3.8, 4) is 0 Å². The van der Waals surface area contributed by atoms with E-state index >= 15 is 0 Å². The lowest BCUT2D eigenvalue weighted by molar-refractivity contribution is -0.145. The van der Waals surface area contributed by atoms with E-state index in [2.05, 4.69) is 9.97 Å². The van der Waals surface area contributed by atoms with Gasteiger partial charge in [0.2, 0.25) is 5.82 Å². The average Bonchev–Trinajstić information content (AvgIpc) is 2.45. The second-order valence-electron chi connectivity index (χ2n) is 5.31. The molecular weight excluding hydrogens is 317 g/mol. The first kappa shape index (κ1) is 15.5. The van der Waals surface area contributed by atoms with Crippen LogP contribution in [0.2, 0.25) is 0 Å². The second kappa shape index (κ2) is 5.68. The highest BCUT2D eigenvalue weighted by Gasteiger charge is 2.39. The molecule has 1 aliphatic heterocycles. The zero-order chi connectivity index (χ0) is 15.8. The molecule has 0 radical (unpaired) electrons. The quantitative estimate of drug-likeness (QED) is 0.690. The van der Waals surface area contributed by atoms with Crippen molar-refractivity contribution in [1.82, 2.24) is 9.97 Å². The fraction of sp³-hybridized carbons (Fsp3) is 0.429. The van der Waals surface area contributed by atoms with Crippen LogP contribution in [0.25, 0.3) is 10.9 Å². The SMILES string of the molecule is OCC1(CSc2nc(C(F)(F)F)nc3ccccc23)COC1. The maximum Gasteiger partial charge on any atom is 0.451 e. The number of halogens is 3. The number of aliphatic hydroxyl groups is 1. The number of fused-ring (bicyclic) bond motifs is 1. The van der Waals surface area contributed by atoms with E-state index in [1.807, 2.05) is 0 Å². The number of aromatic nitrogens is 2. The van der Waals surface area contributed by atoms with Crippen LogP contribution in [-0.4, -0.2) is 40.6 Å². The third kappa shape index (κ3) is 2.90. The van der Waals surface area contributed by atoms with Gasteiger partial charge >= 0.3 is 6.18 Å². The summed E-state index contributed by atoms with van der Waals surface area (Å²) >= 11 is 1.20. The molecule has 1 aromatic carbocycles. The molecule has 0 bridgehead atoms. The number of alkyl halides is 3. The molecule has 0 spiro atoms. The Balaban J connectivity index is 1.96.